The van der Waals surface area contributed by atoms with E-state index in [1.807, 2.05) is 86.6 Å². The van der Waals surface area contributed by atoms with E-state index in [2.05, 4.69) is 21.2 Å². The predicted octanol–water partition coefficient (Wildman–Crippen LogP) is 6.53. The molecule has 0 spiro atoms. The summed E-state index contributed by atoms with van der Waals surface area (Å²) in [5.74, 6) is -0.135. The zero-order chi connectivity index (χ0) is 19.7. The highest BCUT2D eigenvalue weighted by Gasteiger charge is 2.19. The molecule has 3 nitrogen and oxygen atoms in total. The smallest absolute Gasteiger partial charge is 0.256 e. The summed E-state index contributed by atoms with van der Waals surface area (Å²) in [6, 6.07) is 23.6. The van der Waals surface area contributed by atoms with E-state index in [9.17, 15) is 4.79 Å². The molecule has 138 valence electrons. The van der Waals surface area contributed by atoms with Crippen molar-refractivity contribution in [2.24, 2.45) is 0 Å². The lowest BCUT2D eigenvalue weighted by Crippen LogP contribution is -2.15. The van der Waals surface area contributed by atoms with Crippen LogP contribution in [0.4, 0.5) is 5.69 Å². The Morgan fingerprint density at radius 1 is 0.929 bits per heavy atom. The molecule has 1 amide bonds. The lowest BCUT2D eigenvalue weighted by molar-refractivity contribution is 0.102. The molecular weight excluding hydrogens is 412 g/mol. The second-order valence-electron chi connectivity index (χ2n) is 6.81. The number of aryl methyl sites for hydroxylation is 1. The summed E-state index contributed by atoms with van der Waals surface area (Å²) in [6.07, 6.45) is 0. The highest BCUT2D eigenvalue weighted by atomic mass is 79.9. The largest absolute Gasteiger partial charge is 0.322 e. The van der Waals surface area contributed by atoms with Crippen LogP contribution in [0.25, 0.3) is 22.2 Å². The van der Waals surface area contributed by atoms with E-state index in [0.29, 0.717) is 5.56 Å². The molecule has 0 aliphatic carbocycles. The van der Waals surface area contributed by atoms with Gasteiger partial charge in [-0.1, -0.05) is 64.0 Å². The number of nitrogens with one attached hydrogen (secondary N) is 1. The summed E-state index contributed by atoms with van der Waals surface area (Å²) in [7, 11) is 0. The lowest BCUT2D eigenvalue weighted by atomic mass is 9.97. The first-order valence-corrected chi connectivity index (χ1v) is 9.85. The Morgan fingerprint density at radius 2 is 1.64 bits per heavy atom. The average Bonchev–Trinajstić information content (AvgIpc) is 2.70. The molecule has 0 atom stereocenters. The molecule has 0 bridgehead atoms. The Kier molecular flexibility index (Phi) is 4.97. The Labute approximate surface area is 172 Å². The van der Waals surface area contributed by atoms with Crippen molar-refractivity contribution in [2.75, 3.05) is 5.32 Å². The second-order valence-corrected chi connectivity index (χ2v) is 7.72. The summed E-state index contributed by atoms with van der Waals surface area (Å²) >= 11 is 3.52. The second kappa shape index (κ2) is 7.56. The number of aromatic nitrogens is 1. The van der Waals surface area contributed by atoms with Crippen molar-refractivity contribution >= 4 is 38.4 Å². The van der Waals surface area contributed by atoms with Gasteiger partial charge in [0.1, 0.15) is 0 Å². The number of amides is 1. The van der Waals surface area contributed by atoms with Crippen LogP contribution in [0.2, 0.25) is 0 Å². The van der Waals surface area contributed by atoms with E-state index in [1.54, 1.807) is 0 Å². The fourth-order valence-electron chi connectivity index (χ4n) is 3.33. The van der Waals surface area contributed by atoms with Gasteiger partial charge in [-0.25, -0.2) is 4.98 Å². The van der Waals surface area contributed by atoms with E-state index < -0.39 is 0 Å². The molecule has 0 radical (unpaired) electrons. The number of hydrogen-bond acceptors (Lipinski definition) is 2. The number of halogens is 1. The first-order valence-electron chi connectivity index (χ1n) is 9.06. The van der Waals surface area contributed by atoms with Crippen LogP contribution < -0.4 is 5.32 Å². The van der Waals surface area contributed by atoms with Crippen molar-refractivity contribution in [1.29, 1.82) is 0 Å². The molecule has 3 aromatic carbocycles. The Hall–Kier alpha value is -2.98. The zero-order valence-electron chi connectivity index (χ0n) is 15.7. The standard InChI is InChI=1S/C24H19BrN2O/c1-15-8-11-19(12-9-15)26-24(28)22-16(2)23(17-6-4-3-5-7-17)27-21-13-10-18(25)14-20(21)22/h3-14H,1-2H3,(H,26,28). The number of benzene rings is 3. The van der Waals surface area contributed by atoms with Gasteiger partial charge < -0.3 is 5.32 Å². The van der Waals surface area contributed by atoms with Gasteiger partial charge in [0.25, 0.3) is 5.91 Å². The van der Waals surface area contributed by atoms with Crippen LogP contribution in [-0.2, 0) is 0 Å². The van der Waals surface area contributed by atoms with Gasteiger partial charge in [0.2, 0.25) is 0 Å². The normalized spacial score (nSPS) is 10.8. The SMILES string of the molecule is Cc1ccc(NC(=O)c2c(C)c(-c3ccccc3)nc3ccc(Br)cc23)cc1. The van der Waals surface area contributed by atoms with Crippen molar-refractivity contribution in [3.63, 3.8) is 0 Å². The Morgan fingerprint density at radius 3 is 2.36 bits per heavy atom. The van der Waals surface area contributed by atoms with Gasteiger partial charge in [0, 0.05) is 21.1 Å². The third kappa shape index (κ3) is 3.56. The maximum Gasteiger partial charge on any atom is 0.256 e. The van der Waals surface area contributed by atoms with Crippen LogP contribution in [0.1, 0.15) is 21.5 Å². The molecule has 28 heavy (non-hydrogen) atoms. The van der Waals surface area contributed by atoms with Gasteiger partial charge in [-0.3, -0.25) is 4.79 Å². The summed E-state index contributed by atoms with van der Waals surface area (Å²) in [4.78, 5) is 18.1. The minimum atomic E-state index is -0.135. The van der Waals surface area contributed by atoms with E-state index in [0.717, 1.165) is 43.4 Å². The van der Waals surface area contributed by atoms with Crippen molar-refractivity contribution in [3.05, 3.63) is 94.0 Å². The predicted molar refractivity (Wildman–Crippen MR) is 119 cm³/mol. The molecule has 4 heteroatoms. The van der Waals surface area contributed by atoms with Crippen molar-refractivity contribution in [1.82, 2.24) is 4.98 Å². The summed E-state index contributed by atoms with van der Waals surface area (Å²) < 4.78 is 0.915. The lowest BCUT2D eigenvalue weighted by Gasteiger charge is -2.15. The zero-order valence-corrected chi connectivity index (χ0v) is 17.2. The van der Waals surface area contributed by atoms with Gasteiger partial charge >= 0.3 is 0 Å². The average molecular weight is 431 g/mol. The van der Waals surface area contributed by atoms with Gasteiger partial charge in [-0.15, -0.1) is 0 Å². The van der Waals surface area contributed by atoms with Gasteiger partial charge in [-0.2, -0.15) is 0 Å². The number of rotatable bonds is 3. The van der Waals surface area contributed by atoms with Crippen LogP contribution in [0, 0.1) is 13.8 Å². The molecule has 0 aliphatic heterocycles. The monoisotopic (exact) mass is 430 g/mol. The number of hydrogen-bond donors (Lipinski definition) is 1. The van der Waals surface area contributed by atoms with Crippen molar-refractivity contribution in [3.8, 4) is 11.3 Å². The molecule has 0 fully saturated rings. The molecule has 0 saturated carbocycles. The Bertz CT molecular complexity index is 1170. The van der Waals surface area contributed by atoms with Crippen LogP contribution in [-0.4, -0.2) is 10.9 Å². The number of nitrogens with zero attached hydrogens (tertiary/aromatic N) is 1. The van der Waals surface area contributed by atoms with Crippen LogP contribution >= 0.6 is 15.9 Å². The van der Waals surface area contributed by atoms with Gasteiger partial charge in [-0.05, 0) is 49.7 Å². The number of carbonyl (C=O) groups is 1. The third-order valence-electron chi connectivity index (χ3n) is 4.77. The molecule has 4 rings (SSSR count). The molecule has 0 aliphatic rings. The number of fused-ring (bicyclic) bond motifs is 1. The van der Waals surface area contributed by atoms with Crippen LogP contribution in [0.15, 0.2) is 77.3 Å². The molecule has 0 saturated heterocycles. The van der Waals surface area contributed by atoms with Crippen molar-refractivity contribution in [2.45, 2.75) is 13.8 Å². The maximum absolute atomic E-state index is 13.3. The maximum atomic E-state index is 13.3. The highest BCUT2D eigenvalue weighted by molar-refractivity contribution is 9.10. The van der Waals surface area contributed by atoms with Gasteiger partial charge in [0.05, 0.1) is 16.8 Å². The Balaban J connectivity index is 1.89. The molecule has 4 aromatic rings. The van der Waals surface area contributed by atoms with Crippen LogP contribution in [0.5, 0.6) is 0 Å². The summed E-state index contributed by atoms with van der Waals surface area (Å²) in [6.45, 7) is 3.98. The molecule has 0 unspecified atom stereocenters. The molecular formula is C24H19BrN2O. The minimum absolute atomic E-state index is 0.135. The first-order chi connectivity index (χ1) is 13.5. The fourth-order valence-corrected chi connectivity index (χ4v) is 3.69. The first kappa shape index (κ1) is 18.4. The quantitative estimate of drug-likeness (QED) is 0.401. The van der Waals surface area contributed by atoms with Crippen LogP contribution in [0.3, 0.4) is 0 Å². The van der Waals surface area contributed by atoms with E-state index in [1.165, 1.54) is 0 Å². The number of carbonyl (C=O) groups excluding carboxylic acids is 1. The molecule has 1 N–H and O–H groups in total. The number of anilines is 1. The van der Waals surface area contributed by atoms with E-state index >= 15 is 0 Å². The minimum Gasteiger partial charge on any atom is -0.322 e. The fraction of sp³-hybridized carbons (Fsp3) is 0.0833. The highest BCUT2D eigenvalue weighted by Crippen LogP contribution is 2.31. The topological polar surface area (TPSA) is 42.0 Å². The van der Waals surface area contributed by atoms with Gasteiger partial charge in [0.15, 0.2) is 0 Å². The molecule has 1 aromatic heterocycles. The summed E-state index contributed by atoms with van der Waals surface area (Å²) in [5, 5.41) is 3.86. The van der Waals surface area contributed by atoms with E-state index in [-0.39, 0.29) is 5.91 Å². The molecule has 1 heterocycles. The number of pyridine rings is 1. The summed E-state index contributed by atoms with van der Waals surface area (Å²) in [5.41, 5.74) is 6.04. The third-order valence-corrected chi connectivity index (χ3v) is 5.27. The van der Waals surface area contributed by atoms with Crippen molar-refractivity contribution < 1.29 is 4.79 Å². The van der Waals surface area contributed by atoms with E-state index in [4.69, 9.17) is 4.98 Å².